The molecule has 0 radical (unpaired) electrons. The van der Waals surface area contributed by atoms with Crippen molar-refractivity contribution in [3.63, 3.8) is 0 Å². The highest BCUT2D eigenvalue weighted by molar-refractivity contribution is 7.92. The first-order valence-electron chi connectivity index (χ1n) is 10.1. The standard InChI is InChI=1S/C22H22FN3O4S/c23-17-9-15(16-2-1-14-5-7-25-18(14)10-16)3-4-19(17)31(28,29)20-11-24-8-6-22(20)13-26-21(27)12-30-22/h1-5,7,9-10,20,24-25H,6,8,11-13H2,(H,26,27). The van der Waals surface area contributed by atoms with Crippen LogP contribution in [-0.2, 0) is 19.4 Å². The molecule has 162 valence electrons. The van der Waals surface area contributed by atoms with Crippen LogP contribution in [0, 0.1) is 5.82 Å². The fourth-order valence-corrected chi connectivity index (χ4v) is 6.56. The first-order chi connectivity index (χ1) is 14.9. The summed E-state index contributed by atoms with van der Waals surface area (Å²) in [4.78, 5) is 14.3. The van der Waals surface area contributed by atoms with Crippen molar-refractivity contribution < 1.29 is 22.3 Å². The molecule has 2 aliphatic rings. The Morgan fingerprint density at radius 1 is 1.10 bits per heavy atom. The zero-order valence-corrected chi connectivity index (χ0v) is 17.5. The number of halogens is 1. The molecular weight excluding hydrogens is 421 g/mol. The number of sulfone groups is 1. The number of ether oxygens (including phenoxy) is 1. The summed E-state index contributed by atoms with van der Waals surface area (Å²) in [6.07, 6.45) is 2.24. The Morgan fingerprint density at radius 3 is 2.68 bits per heavy atom. The van der Waals surface area contributed by atoms with E-state index in [1.807, 2.05) is 30.5 Å². The van der Waals surface area contributed by atoms with Gasteiger partial charge in [0.2, 0.25) is 5.91 Å². The maximum Gasteiger partial charge on any atom is 0.246 e. The number of H-pyrrole nitrogens is 1. The molecule has 1 amide bonds. The summed E-state index contributed by atoms with van der Waals surface area (Å²) >= 11 is 0. The van der Waals surface area contributed by atoms with Crippen LogP contribution in [0.2, 0.25) is 0 Å². The quantitative estimate of drug-likeness (QED) is 0.575. The molecule has 0 saturated carbocycles. The van der Waals surface area contributed by atoms with Gasteiger partial charge < -0.3 is 20.4 Å². The molecule has 2 fully saturated rings. The first-order valence-corrected chi connectivity index (χ1v) is 11.7. The Morgan fingerprint density at radius 2 is 1.90 bits per heavy atom. The average Bonchev–Trinajstić information content (AvgIpc) is 3.24. The Hall–Kier alpha value is -2.75. The lowest BCUT2D eigenvalue weighted by Crippen LogP contribution is -2.66. The third-order valence-electron chi connectivity index (χ3n) is 6.22. The zero-order chi connectivity index (χ0) is 21.6. The molecule has 2 aliphatic heterocycles. The van der Waals surface area contributed by atoms with Crippen molar-refractivity contribution in [2.75, 3.05) is 26.2 Å². The smallest absolute Gasteiger partial charge is 0.246 e. The van der Waals surface area contributed by atoms with Crippen LogP contribution in [0.4, 0.5) is 4.39 Å². The van der Waals surface area contributed by atoms with E-state index >= 15 is 4.39 Å². The topological polar surface area (TPSA) is 100 Å². The van der Waals surface area contributed by atoms with E-state index in [4.69, 9.17) is 4.74 Å². The second kappa shape index (κ2) is 7.44. The van der Waals surface area contributed by atoms with Gasteiger partial charge in [0.05, 0.1) is 0 Å². The van der Waals surface area contributed by atoms with Gasteiger partial charge in [-0.1, -0.05) is 18.2 Å². The fourth-order valence-electron chi connectivity index (χ4n) is 4.49. The van der Waals surface area contributed by atoms with Gasteiger partial charge in [-0.3, -0.25) is 4.79 Å². The molecule has 9 heteroatoms. The number of fused-ring (bicyclic) bond motifs is 1. The van der Waals surface area contributed by atoms with E-state index in [1.54, 1.807) is 6.07 Å². The van der Waals surface area contributed by atoms with Gasteiger partial charge in [-0.15, -0.1) is 0 Å². The maximum atomic E-state index is 15.1. The van der Waals surface area contributed by atoms with Crippen LogP contribution in [-0.4, -0.2) is 56.4 Å². The fraction of sp³-hybridized carbons (Fsp3) is 0.318. The lowest BCUT2D eigenvalue weighted by Gasteiger charge is -2.45. The van der Waals surface area contributed by atoms with Crippen LogP contribution in [0.15, 0.2) is 53.6 Å². The highest BCUT2D eigenvalue weighted by atomic mass is 32.2. The van der Waals surface area contributed by atoms with E-state index in [0.717, 1.165) is 16.5 Å². The van der Waals surface area contributed by atoms with Crippen LogP contribution >= 0.6 is 0 Å². The molecule has 2 aromatic carbocycles. The number of benzene rings is 2. The number of piperidine rings is 1. The predicted molar refractivity (Wildman–Crippen MR) is 114 cm³/mol. The first kappa shape index (κ1) is 20.2. The summed E-state index contributed by atoms with van der Waals surface area (Å²) in [6, 6.07) is 11.8. The molecule has 3 aromatic rings. The van der Waals surface area contributed by atoms with Crippen molar-refractivity contribution in [1.82, 2.24) is 15.6 Å². The second-order valence-electron chi connectivity index (χ2n) is 8.04. The van der Waals surface area contributed by atoms with E-state index in [-0.39, 0.29) is 30.5 Å². The number of carbonyl (C=O) groups excluding carboxylic acids is 1. The molecule has 2 atom stereocenters. The molecule has 1 aromatic heterocycles. The number of aromatic amines is 1. The summed E-state index contributed by atoms with van der Waals surface area (Å²) in [7, 11) is -4.06. The Balaban J connectivity index is 1.50. The van der Waals surface area contributed by atoms with Crippen molar-refractivity contribution in [3.8, 4) is 11.1 Å². The molecule has 5 rings (SSSR count). The molecule has 7 nitrogen and oxygen atoms in total. The van der Waals surface area contributed by atoms with Gasteiger partial charge in [0.25, 0.3) is 0 Å². The number of nitrogens with one attached hydrogen (secondary N) is 3. The molecule has 0 aliphatic carbocycles. The van der Waals surface area contributed by atoms with Gasteiger partial charge in [0, 0.05) is 24.8 Å². The number of amides is 1. The predicted octanol–water partition coefficient (Wildman–Crippen LogP) is 1.99. The van der Waals surface area contributed by atoms with Gasteiger partial charge in [0.1, 0.15) is 28.2 Å². The van der Waals surface area contributed by atoms with E-state index in [1.165, 1.54) is 12.1 Å². The van der Waals surface area contributed by atoms with Crippen molar-refractivity contribution in [2.45, 2.75) is 22.2 Å². The Kier molecular flexibility index (Phi) is 4.84. The Bertz CT molecular complexity index is 1260. The SMILES string of the molecule is O=C1COC2(CCNCC2S(=O)(=O)c2ccc(-c3ccc4cc[nH]c4c3)cc2F)CN1. The number of carbonyl (C=O) groups is 1. The van der Waals surface area contributed by atoms with Gasteiger partial charge in [0.15, 0.2) is 9.84 Å². The molecule has 31 heavy (non-hydrogen) atoms. The Labute approximate surface area is 178 Å². The summed E-state index contributed by atoms with van der Waals surface area (Å²) < 4.78 is 47.8. The van der Waals surface area contributed by atoms with Gasteiger partial charge >= 0.3 is 0 Å². The summed E-state index contributed by atoms with van der Waals surface area (Å²) in [5.74, 6) is -1.08. The molecule has 1 spiro atoms. The maximum absolute atomic E-state index is 15.1. The van der Waals surface area contributed by atoms with Crippen molar-refractivity contribution >= 4 is 26.6 Å². The summed E-state index contributed by atoms with van der Waals surface area (Å²) in [5, 5.41) is 5.80. The van der Waals surface area contributed by atoms with Crippen LogP contribution < -0.4 is 10.6 Å². The minimum Gasteiger partial charge on any atom is -0.362 e. The minimum atomic E-state index is -4.06. The third-order valence-corrected chi connectivity index (χ3v) is 8.51. The number of aromatic nitrogens is 1. The summed E-state index contributed by atoms with van der Waals surface area (Å²) in [6.45, 7) is 0.579. The molecule has 3 N–H and O–H groups in total. The number of morpholine rings is 1. The molecule has 2 saturated heterocycles. The van der Waals surface area contributed by atoms with Crippen LogP contribution in [0.25, 0.3) is 22.0 Å². The lowest BCUT2D eigenvalue weighted by molar-refractivity contribution is -0.146. The highest BCUT2D eigenvalue weighted by Gasteiger charge is 2.51. The molecule has 3 heterocycles. The largest absolute Gasteiger partial charge is 0.362 e. The van der Waals surface area contributed by atoms with Gasteiger partial charge in [-0.25, -0.2) is 12.8 Å². The van der Waals surface area contributed by atoms with E-state index in [0.29, 0.717) is 18.5 Å². The van der Waals surface area contributed by atoms with Gasteiger partial charge in [-0.05, 0) is 53.7 Å². The van der Waals surface area contributed by atoms with Gasteiger partial charge in [-0.2, -0.15) is 0 Å². The third kappa shape index (κ3) is 3.42. The normalized spacial score (nSPS) is 24.4. The van der Waals surface area contributed by atoms with Crippen molar-refractivity contribution in [2.24, 2.45) is 0 Å². The number of rotatable bonds is 3. The van der Waals surface area contributed by atoms with E-state index < -0.39 is 26.5 Å². The summed E-state index contributed by atoms with van der Waals surface area (Å²) in [5.41, 5.74) is 1.22. The highest BCUT2D eigenvalue weighted by Crippen LogP contribution is 2.35. The monoisotopic (exact) mass is 443 g/mol. The van der Waals surface area contributed by atoms with Crippen molar-refractivity contribution in [1.29, 1.82) is 0 Å². The number of hydrogen-bond donors (Lipinski definition) is 3. The van der Waals surface area contributed by atoms with Crippen molar-refractivity contribution in [3.05, 3.63) is 54.5 Å². The lowest BCUT2D eigenvalue weighted by atomic mass is 9.90. The van der Waals surface area contributed by atoms with Crippen LogP contribution in [0.1, 0.15) is 6.42 Å². The van der Waals surface area contributed by atoms with Crippen LogP contribution in [0.5, 0.6) is 0 Å². The zero-order valence-electron chi connectivity index (χ0n) is 16.7. The van der Waals surface area contributed by atoms with E-state index in [2.05, 4.69) is 15.6 Å². The number of hydrogen-bond acceptors (Lipinski definition) is 5. The average molecular weight is 444 g/mol. The van der Waals surface area contributed by atoms with E-state index in [9.17, 15) is 13.2 Å². The second-order valence-corrected chi connectivity index (χ2v) is 10.1. The molecular formula is C22H22FN3O4S. The molecule has 0 bridgehead atoms. The van der Waals surface area contributed by atoms with Crippen LogP contribution in [0.3, 0.4) is 0 Å². The minimum absolute atomic E-state index is 0.0905. The molecule has 2 unspecified atom stereocenters.